The van der Waals surface area contributed by atoms with Gasteiger partial charge in [-0.2, -0.15) is 0 Å². The molecule has 0 radical (unpaired) electrons. The van der Waals surface area contributed by atoms with E-state index in [9.17, 15) is 4.79 Å². The SMILES string of the molecule is C=COc1ccc(Cl)cc1C(=O)O. The van der Waals surface area contributed by atoms with E-state index in [0.717, 1.165) is 6.26 Å². The lowest BCUT2D eigenvalue weighted by Gasteiger charge is -2.03. The van der Waals surface area contributed by atoms with E-state index in [1.165, 1.54) is 12.1 Å². The van der Waals surface area contributed by atoms with Gasteiger partial charge in [-0.05, 0) is 18.2 Å². The van der Waals surface area contributed by atoms with Gasteiger partial charge in [0, 0.05) is 5.02 Å². The van der Waals surface area contributed by atoms with Crippen LogP contribution in [0.15, 0.2) is 31.0 Å². The first-order valence-corrected chi connectivity index (χ1v) is 3.83. The molecule has 0 atom stereocenters. The van der Waals surface area contributed by atoms with Crippen LogP contribution in [0.1, 0.15) is 10.4 Å². The summed E-state index contributed by atoms with van der Waals surface area (Å²) in [6, 6.07) is 4.35. The van der Waals surface area contributed by atoms with Gasteiger partial charge in [0.15, 0.2) is 0 Å². The Labute approximate surface area is 80.2 Å². The first-order chi connectivity index (χ1) is 6.15. The largest absolute Gasteiger partial charge is 0.478 e. The molecule has 1 rings (SSSR count). The molecule has 1 aromatic carbocycles. The molecule has 0 fully saturated rings. The summed E-state index contributed by atoms with van der Waals surface area (Å²) >= 11 is 5.62. The van der Waals surface area contributed by atoms with Gasteiger partial charge in [-0.3, -0.25) is 0 Å². The molecule has 3 nitrogen and oxygen atoms in total. The normalized spacial score (nSPS) is 9.31. The molecule has 0 bridgehead atoms. The maximum atomic E-state index is 10.7. The van der Waals surface area contributed by atoms with Crippen molar-refractivity contribution in [3.63, 3.8) is 0 Å². The Morgan fingerprint density at radius 2 is 2.31 bits per heavy atom. The molecular formula is C9H7ClO3. The Bertz CT molecular complexity index is 347. The summed E-state index contributed by atoms with van der Waals surface area (Å²) in [4.78, 5) is 10.7. The van der Waals surface area contributed by atoms with Crippen LogP contribution >= 0.6 is 11.6 Å². The number of ether oxygens (including phenoxy) is 1. The highest BCUT2D eigenvalue weighted by atomic mass is 35.5. The summed E-state index contributed by atoms with van der Waals surface area (Å²) in [6.45, 7) is 3.33. The van der Waals surface area contributed by atoms with Gasteiger partial charge in [-0.15, -0.1) is 0 Å². The molecule has 0 aromatic heterocycles. The molecule has 13 heavy (non-hydrogen) atoms. The van der Waals surface area contributed by atoms with Crippen molar-refractivity contribution < 1.29 is 14.6 Å². The zero-order valence-corrected chi connectivity index (χ0v) is 7.41. The lowest BCUT2D eigenvalue weighted by Crippen LogP contribution is -1.99. The van der Waals surface area contributed by atoms with Crippen molar-refractivity contribution in [3.05, 3.63) is 41.6 Å². The van der Waals surface area contributed by atoms with Gasteiger partial charge in [0.1, 0.15) is 11.3 Å². The van der Waals surface area contributed by atoms with Crippen molar-refractivity contribution in [1.82, 2.24) is 0 Å². The lowest BCUT2D eigenvalue weighted by molar-refractivity contribution is 0.0694. The van der Waals surface area contributed by atoms with Crippen molar-refractivity contribution in [2.75, 3.05) is 0 Å². The number of rotatable bonds is 3. The minimum Gasteiger partial charge on any atom is -0.478 e. The summed E-state index contributed by atoms with van der Waals surface area (Å²) in [5.41, 5.74) is 0.0207. The van der Waals surface area contributed by atoms with E-state index in [4.69, 9.17) is 21.4 Å². The van der Waals surface area contributed by atoms with E-state index in [2.05, 4.69) is 6.58 Å². The standard InChI is InChI=1S/C9H7ClO3/c1-2-13-8-4-3-6(10)5-7(8)9(11)12/h2-5H,1H2,(H,11,12). The van der Waals surface area contributed by atoms with Crippen molar-refractivity contribution >= 4 is 17.6 Å². The second-order valence-corrected chi connectivity index (χ2v) is 2.67. The smallest absolute Gasteiger partial charge is 0.339 e. The fourth-order valence-corrected chi connectivity index (χ4v) is 1.03. The minimum absolute atomic E-state index is 0.0207. The summed E-state index contributed by atoms with van der Waals surface area (Å²) in [5, 5.41) is 9.10. The molecular weight excluding hydrogens is 192 g/mol. The Morgan fingerprint density at radius 3 is 2.85 bits per heavy atom. The predicted molar refractivity (Wildman–Crippen MR) is 49.2 cm³/mol. The number of halogens is 1. The average Bonchev–Trinajstić information content (AvgIpc) is 2.08. The topological polar surface area (TPSA) is 46.5 Å². The number of carbonyl (C=O) groups is 1. The molecule has 0 saturated carbocycles. The lowest BCUT2D eigenvalue weighted by atomic mass is 10.2. The third-order valence-electron chi connectivity index (χ3n) is 1.38. The number of hydrogen-bond acceptors (Lipinski definition) is 2. The quantitative estimate of drug-likeness (QED) is 0.760. The molecule has 0 unspecified atom stereocenters. The second-order valence-electron chi connectivity index (χ2n) is 2.23. The van der Waals surface area contributed by atoms with E-state index in [1.54, 1.807) is 6.07 Å². The summed E-state index contributed by atoms with van der Waals surface area (Å²) in [5.74, 6) is -0.855. The van der Waals surface area contributed by atoms with Crippen LogP contribution in [0, 0.1) is 0 Å². The number of carboxylic acids is 1. The number of benzene rings is 1. The number of aromatic carboxylic acids is 1. The van der Waals surface area contributed by atoms with E-state index in [1.807, 2.05) is 0 Å². The number of carboxylic acid groups (broad SMARTS) is 1. The molecule has 4 heteroatoms. The van der Waals surface area contributed by atoms with Crippen molar-refractivity contribution in [1.29, 1.82) is 0 Å². The average molecular weight is 199 g/mol. The molecule has 0 saturated heterocycles. The molecule has 1 N–H and O–H groups in total. The third-order valence-corrected chi connectivity index (χ3v) is 1.62. The summed E-state index contributed by atoms with van der Waals surface area (Å²) < 4.78 is 4.88. The number of hydrogen-bond donors (Lipinski definition) is 1. The molecule has 68 valence electrons. The highest BCUT2D eigenvalue weighted by molar-refractivity contribution is 6.31. The van der Waals surface area contributed by atoms with Crippen LogP contribution < -0.4 is 4.74 Å². The highest BCUT2D eigenvalue weighted by Crippen LogP contribution is 2.22. The monoisotopic (exact) mass is 198 g/mol. The maximum Gasteiger partial charge on any atom is 0.339 e. The maximum absolute atomic E-state index is 10.7. The molecule has 1 aromatic rings. The molecule has 0 aliphatic carbocycles. The fourth-order valence-electron chi connectivity index (χ4n) is 0.862. The van der Waals surface area contributed by atoms with Gasteiger partial charge < -0.3 is 9.84 Å². The van der Waals surface area contributed by atoms with Gasteiger partial charge in [-0.1, -0.05) is 18.2 Å². The van der Waals surface area contributed by atoms with Crippen LogP contribution in [0.25, 0.3) is 0 Å². The summed E-state index contributed by atoms with van der Waals surface area (Å²) in [7, 11) is 0. The first kappa shape index (κ1) is 9.61. The van der Waals surface area contributed by atoms with Crippen molar-refractivity contribution in [2.45, 2.75) is 0 Å². The zero-order valence-electron chi connectivity index (χ0n) is 6.66. The molecule has 0 spiro atoms. The van der Waals surface area contributed by atoms with Gasteiger partial charge >= 0.3 is 5.97 Å². The first-order valence-electron chi connectivity index (χ1n) is 3.45. The molecule has 0 heterocycles. The Kier molecular flexibility index (Phi) is 2.93. The van der Waals surface area contributed by atoms with Crippen LogP contribution in [-0.2, 0) is 0 Å². The van der Waals surface area contributed by atoms with Gasteiger partial charge in [0.05, 0.1) is 6.26 Å². The van der Waals surface area contributed by atoms with Crippen LogP contribution in [-0.4, -0.2) is 11.1 Å². The van der Waals surface area contributed by atoms with Gasteiger partial charge in [0.2, 0.25) is 0 Å². The van der Waals surface area contributed by atoms with Crippen LogP contribution in [0.5, 0.6) is 5.75 Å². The Morgan fingerprint density at radius 1 is 1.62 bits per heavy atom. The third kappa shape index (κ3) is 2.23. The second kappa shape index (κ2) is 3.96. The minimum atomic E-state index is -1.08. The van der Waals surface area contributed by atoms with Crippen LogP contribution in [0.3, 0.4) is 0 Å². The van der Waals surface area contributed by atoms with E-state index >= 15 is 0 Å². The van der Waals surface area contributed by atoms with Gasteiger partial charge in [-0.25, -0.2) is 4.79 Å². The van der Waals surface area contributed by atoms with Crippen LogP contribution in [0.4, 0.5) is 0 Å². The molecule has 0 aliphatic rings. The predicted octanol–water partition coefficient (Wildman–Crippen LogP) is 2.56. The Hall–Kier alpha value is -1.48. The molecule has 0 amide bonds. The van der Waals surface area contributed by atoms with Crippen molar-refractivity contribution in [2.24, 2.45) is 0 Å². The zero-order chi connectivity index (χ0) is 9.84. The van der Waals surface area contributed by atoms with Gasteiger partial charge in [0.25, 0.3) is 0 Å². The van der Waals surface area contributed by atoms with Crippen LogP contribution in [0.2, 0.25) is 5.02 Å². The van der Waals surface area contributed by atoms with E-state index in [-0.39, 0.29) is 11.3 Å². The Balaban J connectivity index is 3.17. The molecule has 0 aliphatic heterocycles. The highest BCUT2D eigenvalue weighted by Gasteiger charge is 2.10. The van der Waals surface area contributed by atoms with Crippen molar-refractivity contribution in [3.8, 4) is 5.75 Å². The van der Waals surface area contributed by atoms with E-state index in [0.29, 0.717) is 5.02 Å². The summed E-state index contributed by atoms with van der Waals surface area (Å²) in [6.07, 6.45) is 1.16. The fraction of sp³-hybridized carbons (Fsp3) is 0. The van der Waals surface area contributed by atoms with E-state index < -0.39 is 5.97 Å².